The molecular weight excluding hydrogens is 230 g/mol. The average Bonchev–Trinajstić information content (AvgIpc) is 2.35. The van der Waals surface area contributed by atoms with Crippen LogP contribution >= 0.6 is 11.8 Å². The van der Waals surface area contributed by atoms with E-state index < -0.39 is 6.10 Å². The molecule has 0 saturated carbocycles. The second kappa shape index (κ2) is 6.59. The Kier molecular flexibility index (Phi) is 5.41. The van der Waals surface area contributed by atoms with Crippen LogP contribution in [-0.4, -0.2) is 59.7 Å². The summed E-state index contributed by atoms with van der Waals surface area (Å²) in [4.78, 5) is 13.4. The summed E-state index contributed by atoms with van der Waals surface area (Å²) >= 11 is 1.64. The Bertz CT molecular complexity index is 273. The average molecular weight is 247 g/mol. The lowest BCUT2D eigenvalue weighted by Crippen LogP contribution is -2.50. The maximum absolute atomic E-state index is 11.7. The molecule has 0 spiro atoms. The Labute approximate surface area is 98.8 Å². The van der Waals surface area contributed by atoms with Crippen molar-refractivity contribution in [2.75, 3.05) is 31.7 Å². The van der Waals surface area contributed by atoms with Crippen LogP contribution in [0.3, 0.4) is 0 Å². The number of carbonyl (C=O) groups is 1. The van der Waals surface area contributed by atoms with Gasteiger partial charge in [0.15, 0.2) is 5.84 Å². The van der Waals surface area contributed by atoms with Crippen LogP contribution in [0.1, 0.15) is 6.42 Å². The van der Waals surface area contributed by atoms with Crippen LogP contribution in [0, 0.1) is 0 Å². The van der Waals surface area contributed by atoms with E-state index in [1.54, 1.807) is 16.7 Å². The summed E-state index contributed by atoms with van der Waals surface area (Å²) in [6, 6.07) is 0. The Morgan fingerprint density at radius 3 is 3.12 bits per heavy atom. The SMILES string of the molecule is CSCCC(=O)N1CCOC(C(N)=NO)C1. The number of ether oxygens (including phenoxy) is 1. The molecule has 1 saturated heterocycles. The van der Waals surface area contributed by atoms with Gasteiger partial charge in [0.25, 0.3) is 0 Å². The fourth-order valence-electron chi connectivity index (χ4n) is 1.47. The summed E-state index contributed by atoms with van der Waals surface area (Å²) in [5.41, 5.74) is 5.44. The van der Waals surface area contributed by atoms with E-state index in [2.05, 4.69) is 5.16 Å². The zero-order chi connectivity index (χ0) is 12.0. The molecule has 1 unspecified atom stereocenters. The number of hydrogen-bond acceptors (Lipinski definition) is 5. The highest BCUT2D eigenvalue weighted by molar-refractivity contribution is 7.98. The van der Waals surface area contributed by atoms with Gasteiger partial charge in [-0.25, -0.2) is 0 Å². The zero-order valence-electron chi connectivity index (χ0n) is 9.26. The first-order valence-electron chi connectivity index (χ1n) is 5.04. The molecule has 1 atom stereocenters. The summed E-state index contributed by atoms with van der Waals surface area (Å²) in [5.74, 6) is 0.917. The van der Waals surface area contributed by atoms with Crippen LogP contribution in [0.2, 0.25) is 0 Å². The maximum Gasteiger partial charge on any atom is 0.223 e. The van der Waals surface area contributed by atoms with E-state index >= 15 is 0 Å². The highest BCUT2D eigenvalue weighted by Gasteiger charge is 2.26. The standard InChI is InChI=1S/C9H17N3O3S/c1-16-5-2-8(13)12-3-4-15-7(6-12)9(10)11-14/h7,14H,2-6H2,1H3,(H2,10,11). The molecule has 0 aromatic rings. The molecule has 0 aromatic carbocycles. The summed E-state index contributed by atoms with van der Waals surface area (Å²) in [6.07, 6.45) is 1.99. The zero-order valence-corrected chi connectivity index (χ0v) is 10.1. The highest BCUT2D eigenvalue weighted by Crippen LogP contribution is 2.08. The predicted octanol–water partition coefficient (Wildman–Crippen LogP) is -0.287. The fraction of sp³-hybridized carbons (Fsp3) is 0.778. The van der Waals surface area contributed by atoms with Gasteiger partial charge in [-0.3, -0.25) is 4.79 Å². The third kappa shape index (κ3) is 3.57. The number of nitrogens with zero attached hydrogens (tertiary/aromatic N) is 2. The lowest BCUT2D eigenvalue weighted by molar-refractivity contribution is -0.136. The van der Waals surface area contributed by atoms with Gasteiger partial charge in [-0.05, 0) is 6.26 Å². The topological polar surface area (TPSA) is 88.2 Å². The van der Waals surface area contributed by atoms with Crippen LogP contribution in [-0.2, 0) is 9.53 Å². The second-order valence-corrected chi connectivity index (χ2v) is 4.45. The summed E-state index contributed by atoms with van der Waals surface area (Å²) < 4.78 is 5.30. The molecule has 1 rings (SSSR count). The van der Waals surface area contributed by atoms with Crippen LogP contribution in [0.25, 0.3) is 0 Å². The first kappa shape index (κ1) is 13.1. The normalized spacial score (nSPS) is 22.2. The minimum absolute atomic E-state index is 0.0161. The molecule has 6 nitrogen and oxygen atoms in total. The van der Waals surface area contributed by atoms with E-state index in [-0.39, 0.29) is 11.7 Å². The fourth-order valence-corrected chi connectivity index (χ4v) is 1.85. The van der Waals surface area contributed by atoms with E-state index in [0.29, 0.717) is 26.1 Å². The van der Waals surface area contributed by atoms with Crippen LogP contribution in [0.5, 0.6) is 0 Å². The van der Waals surface area contributed by atoms with Gasteiger partial charge in [-0.1, -0.05) is 5.16 Å². The van der Waals surface area contributed by atoms with Gasteiger partial charge < -0.3 is 20.6 Å². The number of amides is 1. The summed E-state index contributed by atoms with van der Waals surface area (Å²) in [7, 11) is 0. The smallest absolute Gasteiger partial charge is 0.223 e. The number of morpholine rings is 1. The Hall–Kier alpha value is -0.950. The Morgan fingerprint density at radius 2 is 2.50 bits per heavy atom. The molecule has 0 radical (unpaired) electrons. The van der Waals surface area contributed by atoms with Gasteiger partial charge in [0.1, 0.15) is 6.10 Å². The van der Waals surface area contributed by atoms with Gasteiger partial charge >= 0.3 is 0 Å². The molecule has 1 fully saturated rings. The molecule has 1 aliphatic heterocycles. The van der Waals surface area contributed by atoms with Crippen molar-refractivity contribution in [1.82, 2.24) is 4.90 Å². The number of hydrogen-bond donors (Lipinski definition) is 2. The molecule has 1 heterocycles. The van der Waals surface area contributed by atoms with Crippen molar-refractivity contribution in [2.24, 2.45) is 10.9 Å². The third-order valence-corrected chi connectivity index (χ3v) is 3.00. The van der Waals surface area contributed by atoms with Crippen molar-refractivity contribution in [3.63, 3.8) is 0 Å². The van der Waals surface area contributed by atoms with Gasteiger partial charge in [-0.15, -0.1) is 0 Å². The molecule has 92 valence electrons. The van der Waals surface area contributed by atoms with E-state index in [0.717, 1.165) is 5.75 Å². The van der Waals surface area contributed by atoms with Gasteiger partial charge in [0.2, 0.25) is 5.91 Å². The summed E-state index contributed by atoms with van der Waals surface area (Å²) in [5, 5.41) is 11.4. The molecule has 0 aliphatic carbocycles. The summed E-state index contributed by atoms with van der Waals surface area (Å²) in [6.45, 7) is 1.36. The monoisotopic (exact) mass is 247 g/mol. The van der Waals surface area contributed by atoms with E-state index in [1.807, 2.05) is 6.26 Å². The minimum atomic E-state index is -0.489. The van der Waals surface area contributed by atoms with Gasteiger partial charge in [0.05, 0.1) is 13.2 Å². The van der Waals surface area contributed by atoms with E-state index in [9.17, 15) is 4.79 Å². The van der Waals surface area contributed by atoms with Gasteiger partial charge in [-0.2, -0.15) is 11.8 Å². The van der Waals surface area contributed by atoms with Crippen molar-refractivity contribution in [2.45, 2.75) is 12.5 Å². The van der Waals surface area contributed by atoms with Crippen LogP contribution in [0.4, 0.5) is 0 Å². The maximum atomic E-state index is 11.7. The lowest BCUT2D eigenvalue weighted by Gasteiger charge is -2.32. The predicted molar refractivity (Wildman–Crippen MR) is 62.7 cm³/mol. The number of thioether (sulfide) groups is 1. The number of rotatable bonds is 4. The van der Waals surface area contributed by atoms with Crippen molar-refractivity contribution in [3.8, 4) is 0 Å². The molecule has 16 heavy (non-hydrogen) atoms. The van der Waals surface area contributed by atoms with Crippen molar-refractivity contribution in [3.05, 3.63) is 0 Å². The number of nitrogens with two attached hydrogens (primary N) is 1. The first-order chi connectivity index (χ1) is 7.69. The van der Waals surface area contributed by atoms with Crippen molar-refractivity contribution < 1.29 is 14.7 Å². The minimum Gasteiger partial charge on any atom is -0.409 e. The molecule has 1 amide bonds. The molecule has 0 bridgehead atoms. The van der Waals surface area contributed by atoms with E-state index in [4.69, 9.17) is 15.7 Å². The Morgan fingerprint density at radius 1 is 1.75 bits per heavy atom. The molecule has 3 N–H and O–H groups in total. The molecular formula is C9H17N3O3S. The largest absolute Gasteiger partial charge is 0.409 e. The van der Waals surface area contributed by atoms with Crippen LogP contribution < -0.4 is 5.73 Å². The Balaban J connectivity index is 2.47. The number of carbonyl (C=O) groups excluding carboxylic acids is 1. The number of amidine groups is 1. The molecule has 0 aromatic heterocycles. The van der Waals surface area contributed by atoms with Crippen molar-refractivity contribution in [1.29, 1.82) is 0 Å². The highest BCUT2D eigenvalue weighted by atomic mass is 32.2. The van der Waals surface area contributed by atoms with Gasteiger partial charge in [0, 0.05) is 18.7 Å². The second-order valence-electron chi connectivity index (χ2n) is 3.47. The van der Waals surface area contributed by atoms with Crippen molar-refractivity contribution >= 4 is 23.5 Å². The number of oxime groups is 1. The quantitative estimate of drug-likeness (QED) is 0.308. The van der Waals surface area contributed by atoms with E-state index in [1.165, 1.54) is 0 Å². The van der Waals surface area contributed by atoms with Crippen LogP contribution in [0.15, 0.2) is 5.16 Å². The molecule has 1 aliphatic rings. The lowest BCUT2D eigenvalue weighted by atomic mass is 10.2. The first-order valence-corrected chi connectivity index (χ1v) is 6.44. The third-order valence-electron chi connectivity index (χ3n) is 2.38. The molecule has 7 heteroatoms.